The second kappa shape index (κ2) is 4.24. The smallest absolute Gasteiger partial charge is 0.404 e. The van der Waals surface area contributed by atoms with Gasteiger partial charge >= 0.3 is 7.82 Å². The van der Waals surface area contributed by atoms with E-state index in [0.717, 1.165) is 5.56 Å². The normalized spacial score (nSPS) is 11.3. The highest BCUT2D eigenvalue weighted by atomic mass is 79.9. The van der Waals surface area contributed by atoms with Crippen molar-refractivity contribution in [2.24, 2.45) is 0 Å². The molecule has 1 aromatic rings. The van der Waals surface area contributed by atoms with Crippen LogP contribution in [0.15, 0.2) is 24.3 Å². The van der Waals surface area contributed by atoms with Gasteiger partial charge in [-0.15, -0.1) is 0 Å². The SMILES string of the molecule is O=P(O)(O)Oc1cccc(CBr)c1. The summed E-state index contributed by atoms with van der Waals surface area (Å²) in [4.78, 5) is 17.0. The van der Waals surface area contributed by atoms with Crippen LogP contribution in [0.25, 0.3) is 0 Å². The maximum Gasteiger partial charge on any atom is 0.524 e. The lowest BCUT2D eigenvalue weighted by Crippen LogP contribution is -1.90. The standard InChI is InChI=1S/C7H8BrO4P/c8-5-6-2-1-3-7(4-6)12-13(9,10)11/h1-4H,5H2,(H2,9,10,11). The van der Waals surface area contributed by atoms with Crippen molar-refractivity contribution in [2.45, 2.75) is 5.33 Å². The highest BCUT2D eigenvalue weighted by Crippen LogP contribution is 2.37. The van der Waals surface area contributed by atoms with Gasteiger partial charge in [-0.05, 0) is 17.7 Å². The third kappa shape index (κ3) is 3.91. The van der Waals surface area contributed by atoms with E-state index in [0.29, 0.717) is 5.33 Å². The number of benzene rings is 1. The summed E-state index contributed by atoms with van der Waals surface area (Å²) in [6, 6.07) is 6.54. The molecule has 0 aromatic heterocycles. The van der Waals surface area contributed by atoms with E-state index in [1.54, 1.807) is 12.1 Å². The number of phosphoric ester groups is 1. The Balaban J connectivity index is 2.84. The van der Waals surface area contributed by atoms with Gasteiger partial charge in [-0.2, -0.15) is 0 Å². The van der Waals surface area contributed by atoms with Crippen molar-refractivity contribution in [1.82, 2.24) is 0 Å². The fourth-order valence-corrected chi connectivity index (χ4v) is 1.56. The molecule has 0 aliphatic heterocycles. The van der Waals surface area contributed by atoms with Gasteiger partial charge in [0.25, 0.3) is 0 Å². The van der Waals surface area contributed by atoms with Crippen LogP contribution in [0.2, 0.25) is 0 Å². The van der Waals surface area contributed by atoms with E-state index in [4.69, 9.17) is 9.79 Å². The summed E-state index contributed by atoms with van der Waals surface area (Å²) in [5.41, 5.74) is 0.894. The van der Waals surface area contributed by atoms with Crippen LogP contribution in [0.3, 0.4) is 0 Å². The van der Waals surface area contributed by atoms with Crippen molar-refractivity contribution < 1.29 is 18.9 Å². The molecule has 4 nitrogen and oxygen atoms in total. The van der Waals surface area contributed by atoms with E-state index in [2.05, 4.69) is 20.5 Å². The number of halogens is 1. The predicted molar refractivity (Wildman–Crippen MR) is 51.7 cm³/mol. The lowest BCUT2D eigenvalue weighted by atomic mass is 10.2. The zero-order chi connectivity index (χ0) is 9.90. The van der Waals surface area contributed by atoms with Crippen molar-refractivity contribution in [3.05, 3.63) is 29.8 Å². The molecule has 0 saturated carbocycles. The molecule has 0 bridgehead atoms. The van der Waals surface area contributed by atoms with Crippen molar-refractivity contribution >= 4 is 23.8 Å². The first-order valence-corrected chi connectivity index (χ1v) is 6.06. The molecule has 0 aliphatic rings. The Morgan fingerprint density at radius 3 is 2.69 bits per heavy atom. The maximum absolute atomic E-state index is 10.5. The predicted octanol–water partition coefficient (Wildman–Crippen LogP) is 2.05. The van der Waals surface area contributed by atoms with Crippen LogP contribution >= 0.6 is 23.8 Å². The minimum Gasteiger partial charge on any atom is -0.404 e. The molecular formula is C7H8BrO4P. The number of hydrogen-bond donors (Lipinski definition) is 2. The molecular weight excluding hydrogens is 259 g/mol. The Morgan fingerprint density at radius 1 is 1.46 bits per heavy atom. The van der Waals surface area contributed by atoms with Crippen LogP contribution in [0.1, 0.15) is 5.56 Å². The molecule has 6 heteroatoms. The molecule has 0 heterocycles. The number of alkyl halides is 1. The Labute approximate surface area is 83.9 Å². The summed E-state index contributed by atoms with van der Waals surface area (Å²) in [5, 5.41) is 0.616. The molecule has 0 saturated heterocycles. The van der Waals surface area contributed by atoms with E-state index in [9.17, 15) is 4.57 Å². The average molecular weight is 267 g/mol. The number of rotatable bonds is 3. The molecule has 0 radical (unpaired) electrons. The summed E-state index contributed by atoms with van der Waals surface area (Å²) < 4.78 is 14.9. The molecule has 72 valence electrons. The minimum atomic E-state index is -4.43. The van der Waals surface area contributed by atoms with Gasteiger partial charge in [0.05, 0.1) is 0 Å². The van der Waals surface area contributed by atoms with Gasteiger partial charge in [0.15, 0.2) is 0 Å². The molecule has 1 rings (SSSR count). The lowest BCUT2D eigenvalue weighted by molar-refractivity contribution is 0.283. The fraction of sp³-hybridized carbons (Fsp3) is 0.143. The number of hydrogen-bond acceptors (Lipinski definition) is 2. The molecule has 0 amide bonds. The molecule has 0 spiro atoms. The van der Waals surface area contributed by atoms with E-state index in [-0.39, 0.29) is 5.75 Å². The molecule has 0 atom stereocenters. The summed E-state index contributed by atoms with van der Waals surface area (Å²) in [6.07, 6.45) is 0. The first-order valence-electron chi connectivity index (χ1n) is 3.41. The highest BCUT2D eigenvalue weighted by molar-refractivity contribution is 9.08. The molecule has 0 fully saturated rings. The van der Waals surface area contributed by atoms with E-state index < -0.39 is 7.82 Å². The average Bonchev–Trinajstić information content (AvgIpc) is 2.01. The van der Waals surface area contributed by atoms with Crippen molar-refractivity contribution in [2.75, 3.05) is 0 Å². The summed E-state index contributed by atoms with van der Waals surface area (Å²) >= 11 is 3.22. The summed E-state index contributed by atoms with van der Waals surface area (Å²) in [5.74, 6) is 0.172. The van der Waals surface area contributed by atoms with Gasteiger partial charge in [0.2, 0.25) is 0 Å². The van der Waals surface area contributed by atoms with Crippen molar-refractivity contribution in [3.8, 4) is 5.75 Å². The van der Waals surface area contributed by atoms with Gasteiger partial charge in [-0.3, -0.25) is 9.79 Å². The molecule has 2 N–H and O–H groups in total. The van der Waals surface area contributed by atoms with Gasteiger partial charge in [0.1, 0.15) is 5.75 Å². The van der Waals surface area contributed by atoms with Gasteiger partial charge in [-0.25, -0.2) is 4.57 Å². The van der Waals surface area contributed by atoms with E-state index >= 15 is 0 Å². The first kappa shape index (κ1) is 10.7. The quantitative estimate of drug-likeness (QED) is 0.649. The zero-order valence-corrected chi connectivity index (χ0v) is 9.03. The largest absolute Gasteiger partial charge is 0.524 e. The fourth-order valence-electron chi connectivity index (χ4n) is 0.823. The minimum absolute atomic E-state index is 0.172. The van der Waals surface area contributed by atoms with Crippen LogP contribution in [-0.2, 0) is 9.90 Å². The first-order chi connectivity index (χ1) is 6.01. The number of phosphoric acid groups is 1. The highest BCUT2D eigenvalue weighted by Gasteiger charge is 2.15. The monoisotopic (exact) mass is 266 g/mol. The topological polar surface area (TPSA) is 66.8 Å². The summed E-state index contributed by atoms with van der Waals surface area (Å²) in [6.45, 7) is 0. The van der Waals surface area contributed by atoms with E-state index in [1.165, 1.54) is 6.07 Å². The van der Waals surface area contributed by atoms with Crippen LogP contribution in [-0.4, -0.2) is 9.79 Å². The van der Waals surface area contributed by atoms with Gasteiger partial charge < -0.3 is 4.52 Å². The maximum atomic E-state index is 10.5. The Kier molecular flexibility index (Phi) is 3.50. The Hall–Kier alpha value is -0.350. The molecule has 0 unspecified atom stereocenters. The Bertz CT molecular complexity index is 335. The molecule has 13 heavy (non-hydrogen) atoms. The van der Waals surface area contributed by atoms with Gasteiger partial charge in [-0.1, -0.05) is 28.1 Å². The van der Waals surface area contributed by atoms with Crippen molar-refractivity contribution in [3.63, 3.8) is 0 Å². The van der Waals surface area contributed by atoms with Crippen molar-refractivity contribution in [1.29, 1.82) is 0 Å². The Morgan fingerprint density at radius 2 is 2.15 bits per heavy atom. The van der Waals surface area contributed by atoms with E-state index in [1.807, 2.05) is 6.07 Å². The third-order valence-electron chi connectivity index (χ3n) is 1.28. The van der Waals surface area contributed by atoms with Crippen LogP contribution in [0.4, 0.5) is 0 Å². The van der Waals surface area contributed by atoms with Crippen LogP contribution in [0.5, 0.6) is 5.75 Å². The second-order valence-electron chi connectivity index (χ2n) is 2.36. The third-order valence-corrected chi connectivity index (χ3v) is 2.37. The molecule has 1 aromatic carbocycles. The van der Waals surface area contributed by atoms with Crippen LogP contribution in [0, 0.1) is 0 Å². The zero-order valence-electron chi connectivity index (χ0n) is 6.55. The van der Waals surface area contributed by atoms with Gasteiger partial charge in [0, 0.05) is 5.33 Å². The molecule has 0 aliphatic carbocycles. The second-order valence-corrected chi connectivity index (χ2v) is 4.09. The van der Waals surface area contributed by atoms with Crippen LogP contribution < -0.4 is 4.52 Å². The lowest BCUT2D eigenvalue weighted by Gasteiger charge is -2.06. The summed E-state index contributed by atoms with van der Waals surface area (Å²) in [7, 11) is -4.43.